The van der Waals surface area contributed by atoms with Crippen LogP contribution in [0.25, 0.3) is 21.5 Å². The maximum absolute atomic E-state index is 4.57. The Morgan fingerprint density at radius 2 is 1.75 bits per heavy atom. The van der Waals surface area contributed by atoms with Gasteiger partial charge in [0.25, 0.3) is 0 Å². The molecule has 0 spiro atoms. The van der Waals surface area contributed by atoms with Gasteiger partial charge in [-0.05, 0) is 65.2 Å². The van der Waals surface area contributed by atoms with Crippen molar-refractivity contribution < 1.29 is 0 Å². The summed E-state index contributed by atoms with van der Waals surface area (Å²) in [6.07, 6.45) is 2.15. The van der Waals surface area contributed by atoms with Gasteiger partial charge in [0.05, 0.1) is 21.4 Å². The Morgan fingerprint density at radius 3 is 2.39 bits per heavy atom. The number of thiazole rings is 1. The number of aromatic nitrogens is 3. The molecular weight excluding hydrogens is 366 g/mol. The molecule has 3 heterocycles. The van der Waals surface area contributed by atoms with Crippen LogP contribution >= 0.6 is 11.3 Å². The quantitative estimate of drug-likeness (QED) is 0.690. The van der Waals surface area contributed by atoms with Crippen molar-refractivity contribution in [3.8, 4) is 11.3 Å². The van der Waals surface area contributed by atoms with E-state index in [4.69, 9.17) is 0 Å². The van der Waals surface area contributed by atoms with Gasteiger partial charge in [-0.2, -0.15) is 0 Å². The van der Waals surface area contributed by atoms with Crippen molar-refractivity contribution in [3.63, 3.8) is 0 Å². The number of benzene rings is 1. The number of hydrogen-bond acceptors (Lipinski definition) is 6. The van der Waals surface area contributed by atoms with Crippen molar-refractivity contribution in [3.05, 3.63) is 35.3 Å². The Balaban J connectivity index is 1.61. The summed E-state index contributed by atoms with van der Waals surface area (Å²) < 4.78 is 1.22. The van der Waals surface area contributed by atoms with Crippen molar-refractivity contribution in [2.45, 2.75) is 64.6 Å². The highest BCUT2D eigenvalue weighted by Crippen LogP contribution is 2.34. The normalized spacial score (nSPS) is 19.1. The molecule has 0 aliphatic carbocycles. The number of nitrogens with zero attached hydrogens (tertiary/aromatic N) is 4. The van der Waals surface area contributed by atoms with Crippen LogP contribution in [-0.4, -0.2) is 39.3 Å². The summed E-state index contributed by atoms with van der Waals surface area (Å²) in [5.41, 5.74) is 6.30. The van der Waals surface area contributed by atoms with Crippen LogP contribution in [0, 0.1) is 6.92 Å². The molecule has 0 unspecified atom stereocenters. The molecule has 5 nitrogen and oxygen atoms in total. The zero-order valence-electron chi connectivity index (χ0n) is 17.6. The molecular formula is C22H29N5S. The van der Waals surface area contributed by atoms with E-state index in [0.717, 1.165) is 35.4 Å². The number of hydrogen-bond donors (Lipinski definition) is 1. The third-order valence-corrected chi connectivity index (χ3v) is 6.65. The van der Waals surface area contributed by atoms with Crippen molar-refractivity contribution in [1.29, 1.82) is 0 Å². The molecule has 0 radical (unpaired) electrons. The summed E-state index contributed by atoms with van der Waals surface area (Å²) in [5.74, 6) is 0.920. The third kappa shape index (κ3) is 3.63. The van der Waals surface area contributed by atoms with Crippen molar-refractivity contribution in [2.24, 2.45) is 0 Å². The summed E-state index contributed by atoms with van der Waals surface area (Å²) in [4.78, 5) is 6.84. The molecule has 6 heteroatoms. The highest BCUT2D eigenvalue weighted by molar-refractivity contribution is 7.17. The van der Waals surface area contributed by atoms with Crippen LogP contribution < -0.4 is 10.2 Å². The minimum atomic E-state index is 0.103. The van der Waals surface area contributed by atoms with Gasteiger partial charge >= 0.3 is 0 Å². The highest BCUT2D eigenvalue weighted by Gasteiger charge is 2.39. The van der Waals surface area contributed by atoms with E-state index in [1.165, 1.54) is 10.3 Å². The third-order valence-electron chi connectivity index (χ3n) is 5.68. The average molecular weight is 396 g/mol. The Morgan fingerprint density at radius 1 is 1.04 bits per heavy atom. The Hall–Kier alpha value is -2.05. The molecule has 1 aliphatic heterocycles. The van der Waals surface area contributed by atoms with Gasteiger partial charge in [-0.25, -0.2) is 4.98 Å². The summed E-state index contributed by atoms with van der Waals surface area (Å²) in [6.45, 7) is 11.2. The first-order valence-electron chi connectivity index (χ1n) is 9.84. The molecule has 1 fully saturated rings. The largest absolute Gasteiger partial charge is 0.355 e. The lowest BCUT2D eigenvalue weighted by Gasteiger charge is -2.49. The van der Waals surface area contributed by atoms with Crippen molar-refractivity contribution >= 4 is 27.4 Å². The second-order valence-corrected chi connectivity index (χ2v) is 10.2. The predicted octanol–water partition coefficient (Wildman–Crippen LogP) is 4.81. The molecule has 1 aromatic carbocycles. The number of anilines is 1. The number of nitrogens with one attached hydrogen (secondary N) is 1. The molecule has 1 aliphatic rings. The smallest absolute Gasteiger partial charge is 0.151 e. The standard InChI is InChI=1S/C22H29N5S/c1-14-7-8-16(19-20(14)28-13-23-19)17-9-10-18(25-24-17)27(6)15-11-21(2,3)26-22(4,5)12-15/h7-10,13,15,26H,11-12H2,1-6H3. The fraction of sp³-hybridized carbons (Fsp3) is 0.500. The van der Waals surface area contributed by atoms with Crippen LogP contribution in [0.1, 0.15) is 46.1 Å². The molecule has 0 atom stereocenters. The van der Waals surface area contributed by atoms with E-state index in [1.54, 1.807) is 11.3 Å². The van der Waals surface area contributed by atoms with Crippen LogP contribution in [0.2, 0.25) is 0 Å². The number of aryl methyl sites for hydroxylation is 1. The van der Waals surface area contributed by atoms with E-state index < -0.39 is 0 Å². The molecule has 1 N–H and O–H groups in total. The van der Waals surface area contributed by atoms with Crippen LogP contribution in [0.4, 0.5) is 5.82 Å². The molecule has 0 saturated carbocycles. The van der Waals surface area contributed by atoms with Gasteiger partial charge in [-0.15, -0.1) is 21.5 Å². The van der Waals surface area contributed by atoms with Crippen LogP contribution in [0.3, 0.4) is 0 Å². The van der Waals surface area contributed by atoms with E-state index in [1.807, 2.05) is 5.51 Å². The number of fused-ring (bicyclic) bond motifs is 1. The van der Waals surface area contributed by atoms with E-state index in [9.17, 15) is 0 Å². The minimum absolute atomic E-state index is 0.103. The van der Waals surface area contributed by atoms with E-state index in [0.29, 0.717) is 6.04 Å². The van der Waals surface area contributed by atoms with Crippen molar-refractivity contribution in [1.82, 2.24) is 20.5 Å². The lowest BCUT2D eigenvalue weighted by Crippen LogP contribution is -2.62. The Kier molecular flexibility index (Phi) is 4.67. The van der Waals surface area contributed by atoms with Crippen LogP contribution in [-0.2, 0) is 0 Å². The lowest BCUT2D eigenvalue weighted by molar-refractivity contribution is 0.160. The fourth-order valence-corrected chi connectivity index (χ4v) is 5.47. The summed E-state index contributed by atoms with van der Waals surface area (Å²) in [7, 11) is 2.14. The first kappa shape index (κ1) is 19.3. The SMILES string of the molecule is Cc1ccc(-c2ccc(N(C)C3CC(C)(C)NC(C)(C)C3)nn2)c2ncsc12. The summed E-state index contributed by atoms with van der Waals surface area (Å²) >= 11 is 1.68. The van der Waals surface area contributed by atoms with Gasteiger partial charge in [-0.1, -0.05) is 12.1 Å². The zero-order chi connectivity index (χ0) is 20.1. The molecule has 1 saturated heterocycles. The molecule has 0 bridgehead atoms. The van der Waals surface area contributed by atoms with Crippen molar-refractivity contribution in [2.75, 3.05) is 11.9 Å². The van der Waals surface area contributed by atoms with E-state index >= 15 is 0 Å². The maximum Gasteiger partial charge on any atom is 0.151 e. The van der Waals surface area contributed by atoms with E-state index in [-0.39, 0.29) is 11.1 Å². The molecule has 4 rings (SSSR count). The van der Waals surface area contributed by atoms with Gasteiger partial charge in [0.1, 0.15) is 0 Å². The first-order valence-corrected chi connectivity index (χ1v) is 10.7. The van der Waals surface area contributed by atoms with Gasteiger partial charge in [-0.3, -0.25) is 0 Å². The zero-order valence-corrected chi connectivity index (χ0v) is 18.4. The maximum atomic E-state index is 4.57. The Labute approximate surface area is 171 Å². The molecule has 28 heavy (non-hydrogen) atoms. The molecule has 3 aromatic rings. The van der Waals surface area contributed by atoms with Crippen LogP contribution in [0.15, 0.2) is 29.8 Å². The fourth-order valence-electron chi connectivity index (χ4n) is 4.67. The van der Waals surface area contributed by atoms with Gasteiger partial charge in [0.15, 0.2) is 5.82 Å². The molecule has 0 amide bonds. The van der Waals surface area contributed by atoms with E-state index in [2.05, 4.69) is 91.3 Å². The second kappa shape index (κ2) is 6.78. The highest BCUT2D eigenvalue weighted by atomic mass is 32.1. The van der Waals surface area contributed by atoms with Gasteiger partial charge in [0.2, 0.25) is 0 Å². The lowest BCUT2D eigenvalue weighted by atomic mass is 9.79. The summed E-state index contributed by atoms with van der Waals surface area (Å²) in [6, 6.07) is 8.82. The number of rotatable bonds is 3. The monoisotopic (exact) mass is 395 g/mol. The first-order chi connectivity index (χ1) is 13.2. The molecule has 148 valence electrons. The minimum Gasteiger partial charge on any atom is -0.355 e. The molecule has 2 aromatic heterocycles. The number of piperidine rings is 1. The van der Waals surface area contributed by atoms with Gasteiger partial charge < -0.3 is 10.2 Å². The Bertz CT molecular complexity index is 974. The van der Waals surface area contributed by atoms with Crippen LogP contribution in [0.5, 0.6) is 0 Å². The predicted molar refractivity (Wildman–Crippen MR) is 118 cm³/mol. The van der Waals surface area contributed by atoms with Gasteiger partial charge in [0, 0.05) is 29.7 Å². The summed E-state index contributed by atoms with van der Waals surface area (Å²) in [5, 5.41) is 12.9. The average Bonchev–Trinajstić information content (AvgIpc) is 3.10. The second-order valence-electron chi connectivity index (χ2n) is 9.30. The topological polar surface area (TPSA) is 53.9 Å².